The molecule has 6 nitrogen and oxygen atoms in total. The summed E-state index contributed by atoms with van der Waals surface area (Å²) >= 11 is 0. The Hall–Kier alpha value is -3.02. The van der Waals surface area contributed by atoms with Gasteiger partial charge in [-0.3, -0.25) is 14.6 Å². The third kappa shape index (κ3) is 3.03. The van der Waals surface area contributed by atoms with Crippen molar-refractivity contribution in [1.82, 2.24) is 14.9 Å². The summed E-state index contributed by atoms with van der Waals surface area (Å²) in [7, 11) is 0. The highest BCUT2D eigenvalue weighted by Gasteiger charge is 2.29. The lowest BCUT2D eigenvalue weighted by Gasteiger charge is -2.25. The van der Waals surface area contributed by atoms with Crippen LogP contribution >= 0.6 is 0 Å². The summed E-state index contributed by atoms with van der Waals surface area (Å²) in [4.78, 5) is 30.5. The van der Waals surface area contributed by atoms with Gasteiger partial charge in [-0.2, -0.15) is 5.10 Å². The zero-order valence-corrected chi connectivity index (χ0v) is 13.8. The van der Waals surface area contributed by atoms with E-state index >= 15 is 0 Å². The summed E-state index contributed by atoms with van der Waals surface area (Å²) in [6, 6.07) is 13.4. The second-order valence-corrected chi connectivity index (χ2v) is 6.15. The fourth-order valence-corrected chi connectivity index (χ4v) is 3.19. The van der Waals surface area contributed by atoms with Gasteiger partial charge in [-0.1, -0.05) is 30.3 Å². The van der Waals surface area contributed by atoms with E-state index in [2.05, 4.69) is 10.1 Å². The Kier molecular flexibility index (Phi) is 4.01. The Morgan fingerprint density at radius 3 is 2.60 bits per heavy atom. The van der Waals surface area contributed by atoms with E-state index in [4.69, 9.17) is 0 Å². The lowest BCUT2D eigenvalue weighted by molar-refractivity contribution is -0.131. The van der Waals surface area contributed by atoms with Crippen LogP contribution in [0.3, 0.4) is 0 Å². The normalized spacial score (nSPS) is 16.9. The van der Waals surface area contributed by atoms with E-state index in [1.165, 1.54) is 5.01 Å². The Balaban J connectivity index is 1.46. The van der Waals surface area contributed by atoms with Crippen LogP contribution in [0.15, 0.2) is 53.8 Å². The van der Waals surface area contributed by atoms with Crippen molar-refractivity contribution in [1.29, 1.82) is 0 Å². The maximum absolute atomic E-state index is 12.4. The highest BCUT2D eigenvalue weighted by Crippen LogP contribution is 2.21. The second kappa shape index (κ2) is 6.47. The van der Waals surface area contributed by atoms with Crippen molar-refractivity contribution in [2.24, 2.45) is 5.10 Å². The topological polar surface area (TPSA) is 65.9 Å². The van der Waals surface area contributed by atoms with Crippen LogP contribution in [0.5, 0.6) is 0 Å². The molecule has 0 radical (unpaired) electrons. The number of amides is 2. The van der Waals surface area contributed by atoms with E-state index in [-0.39, 0.29) is 11.8 Å². The fraction of sp³-hybridized carbons (Fsp3) is 0.263. The van der Waals surface area contributed by atoms with E-state index in [0.717, 1.165) is 17.0 Å². The molecule has 2 aliphatic rings. The SMILES string of the molecule is O=C1c2cccnc2CN1CCN1N=C(c2ccccc2)CCC1=O. The average molecular weight is 334 g/mol. The number of fused-ring (bicyclic) bond motifs is 1. The van der Waals surface area contributed by atoms with Crippen molar-refractivity contribution in [2.75, 3.05) is 13.1 Å². The molecule has 1 aromatic heterocycles. The second-order valence-electron chi connectivity index (χ2n) is 6.15. The number of benzene rings is 1. The summed E-state index contributed by atoms with van der Waals surface area (Å²) in [5.74, 6) is -0.0261. The number of hydrogen-bond acceptors (Lipinski definition) is 4. The molecular weight excluding hydrogens is 316 g/mol. The summed E-state index contributed by atoms with van der Waals surface area (Å²) in [6.45, 7) is 1.34. The predicted molar refractivity (Wildman–Crippen MR) is 92.9 cm³/mol. The van der Waals surface area contributed by atoms with Crippen molar-refractivity contribution in [3.8, 4) is 0 Å². The third-order valence-electron chi connectivity index (χ3n) is 4.54. The zero-order valence-electron chi connectivity index (χ0n) is 13.8. The molecule has 3 heterocycles. The molecule has 1 aromatic carbocycles. The van der Waals surface area contributed by atoms with Crippen molar-refractivity contribution < 1.29 is 9.59 Å². The van der Waals surface area contributed by atoms with Gasteiger partial charge in [-0.15, -0.1) is 0 Å². The molecule has 0 spiro atoms. The van der Waals surface area contributed by atoms with Crippen LogP contribution in [-0.2, 0) is 11.3 Å². The average Bonchev–Trinajstić information content (AvgIpc) is 2.98. The van der Waals surface area contributed by atoms with Crippen molar-refractivity contribution in [3.05, 3.63) is 65.5 Å². The number of rotatable bonds is 4. The number of pyridine rings is 1. The first-order valence-corrected chi connectivity index (χ1v) is 8.39. The van der Waals surface area contributed by atoms with Gasteiger partial charge in [0.05, 0.1) is 30.1 Å². The Morgan fingerprint density at radius 1 is 0.960 bits per heavy atom. The van der Waals surface area contributed by atoms with Crippen LogP contribution < -0.4 is 0 Å². The van der Waals surface area contributed by atoms with Crippen LogP contribution in [0, 0.1) is 0 Å². The number of carbonyl (C=O) groups is 2. The van der Waals surface area contributed by atoms with E-state index < -0.39 is 0 Å². The minimum Gasteiger partial charge on any atom is -0.331 e. The molecular formula is C19H18N4O2. The van der Waals surface area contributed by atoms with E-state index in [1.54, 1.807) is 23.2 Å². The molecule has 0 aliphatic carbocycles. The molecule has 2 aromatic rings. The Morgan fingerprint density at radius 2 is 1.80 bits per heavy atom. The summed E-state index contributed by atoms with van der Waals surface area (Å²) in [6.07, 6.45) is 2.79. The number of aromatic nitrogens is 1. The molecule has 0 fully saturated rings. The van der Waals surface area contributed by atoms with Gasteiger partial charge >= 0.3 is 0 Å². The summed E-state index contributed by atoms with van der Waals surface area (Å²) < 4.78 is 0. The number of hydrogen-bond donors (Lipinski definition) is 0. The van der Waals surface area contributed by atoms with Gasteiger partial charge in [0, 0.05) is 25.6 Å². The molecule has 126 valence electrons. The van der Waals surface area contributed by atoms with E-state index in [1.807, 2.05) is 30.3 Å². The minimum atomic E-state index is -0.0279. The monoisotopic (exact) mass is 334 g/mol. The quantitative estimate of drug-likeness (QED) is 0.860. The molecule has 4 rings (SSSR count). The van der Waals surface area contributed by atoms with Crippen molar-refractivity contribution >= 4 is 17.5 Å². The first-order chi connectivity index (χ1) is 12.2. The predicted octanol–water partition coefficient (Wildman–Crippen LogP) is 2.06. The van der Waals surface area contributed by atoms with Gasteiger partial charge in [-0.05, 0) is 17.7 Å². The molecule has 0 bridgehead atoms. The van der Waals surface area contributed by atoms with Crippen molar-refractivity contribution in [2.45, 2.75) is 19.4 Å². The number of hydrazone groups is 1. The number of carbonyl (C=O) groups excluding carboxylic acids is 2. The van der Waals surface area contributed by atoms with Gasteiger partial charge < -0.3 is 4.90 Å². The number of nitrogens with zero attached hydrogens (tertiary/aromatic N) is 4. The molecule has 0 saturated carbocycles. The highest BCUT2D eigenvalue weighted by atomic mass is 16.2. The van der Waals surface area contributed by atoms with Crippen LogP contribution in [0.25, 0.3) is 0 Å². The summed E-state index contributed by atoms with van der Waals surface area (Å²) in [5, 5.41) is 6.01. The highest BCUT2D eigenvalue weighted by molar-refractivity contribution is 6.04. The van der Waals surface area contributed by atoms with Gasteiger partial charge in [0.2, 0.25) is 5.91 Å². The molecule has 25 heavy (non-hydrogen) atoms. The van der Waals surface area contributed by atoms with Crippen LogP contribution in [0.4, 0.5) is 0 Å². The van der Waals surface area contributed by atoms with Crippen LogP contribution in [-0.4, -0.2) is 45.5 Å². The lowest BCUT2D eigenvalue weighted by atomic mass is 10.0. The molecule has 2 aliphatic heterocycles. The van der Waals surface area contributed by atoms with Gasteiger partial charge in [-0.25, -0.2) is 5.01 Å². The first kappa shape index (κ1) is 15.5. The maximum atomic E-state index is 12.4. The zero-order chi connectivity index (χ0) is 17.2. The molecule has 0 saturated heterocycles. The lowest BCUT2D eigenvalue weighted by Crippen LogP contribution is -2.38. The van der Waals surface area contributed by atoms with Gasteiger partial charge in [0.25, 0.3) is 5.91 Å². The smallest absolute Gasteiger partial charge is 0.256 e. The van der Waals surface area contributed by atoms with Crippen LogP contribution in [0.2, 0.25) is 0 Å². The molecule has 0 unspecified atom stereocenters. The standard InChI is InChI=1S/C19H18N4O2/c24-18-9-8-16(14-5-2-1-3-6-14)21-23(18)12-11-22-13-17-15(19(22)25)7-4-10-20-17/h1-7,10H,8-9,11-13H2. The van der Waals surface area contributed by atoms with E-state index in [0.29, 0.717) is 38.0 Å². The third-order valence-corrected chi connectivity index (χ3v) is 4.54. The molecule has 2 amide bonds. The maximum Gasteiger partial charge on any atom is 0.256 e. The molecule has 6 heteroatoms. The largest absolute Gasteiger partial charge is 0.331 e. The Labute approximate surface area is 145 Å². The molecule has 0 N–H and O–H groups in total. The minimum absolute atomic E-state index is 0.00182. The summed E-state index contributed by atoms with van der Waals surface area (Å²) in [5.41, 5.74) is 3.40. The Bertz CT molecular complexity index is 848. The van der Waals surface area contributed by atoms with Crippen molar-refractivity contribution in [3.63, 3.8) is 0 Å². The van der Waals surface area contributed by atoms with Crippen LogP contribution in [0.1, 0.15) is 34.5 Å². The first-order valence-electron chi connectivity index (χ1n) is 8.39. The fourth-order valence-electron chi connectivity index (χ4n) is 3.19. The van der Waals surface area contributed by atoms with Gasteiger partial charge in [0.1, 0.15) is 0 Å². The van der Waals surface area contributed by atoms with E-state index in [9.17, 15) is 9.59 Å². The van der Waals surface area contributed by atoms with Gasteiger partial charge in [0.15, 0.2) is 0 Å². The molecule has 0 atom stereocenters.